The van der Waals surface area contributed by atoms with E-state index >= 15 is 0 Å². The van der Waals surface area contributed by atoms with E-state index < -0.39 is 0 Å². The van der Waals surface area contributed by atoms with Crippen LogP contribution in [-0.4, -0.2) is 19.9 Å². The summed E-state index contributed by atoms with van der Waals surface area (Å²) < 4.78 is 8.31. The van der Waals surface area contributed by atoms with Crippen molar-refractivity contribution in [3.63, 3.8) is 0 Å². The molecule has 0 unspecified atom stereocenters. The monoisotopic (exact) mass is 733 g/mol. The summed E-state index contributed by atoms with van der Waals surface area (Å²) in [4.78, 5) is 18.5. The van der Waals surface area contributed by atoms with E-state index in [1.165, 1.54) is 0 Å². The Morgan fingerprint density at radius 2 is 0.623 bits per heavy atom. The molecule has 2 aliphatic heterocycles. The van der Waals surface area contributed by atoms with Crippen LogP contribution in [0.15, 0.2) is 122 Å². The second kappa shape index (κ2) is 13.7. The van der Waals surface area contributed by atoms with Gasteiger partial charge in [0.15, 0.2) is 49.6 Å². The third kappa shape index (κ3) is 6.31. The molecular weight excluding hydrogens is 695 g/mol. The average molecular weight is 734 g/mol. The van der Waals surface area contributed by atoms with Gasteiger partial charge in [0.05, 0.1) is 22.8 Å². The van der Waals surface area contributed by atoms with Crippen molar-refractivity contribution < 1.29 is 35.3 Å². The van der Waals surface area contributed by atoms with E-state index in [0.29, 0.717) is 0 Å². The quantitative estimate of drug-likeness (QED) is 0.158. The number of hydrogen-bond acceptors (Lipinski definition) is 2. The van der Waals surface area contributed by atoms with Gasteiger partial charge in [-0.25, -0.2) is 28.2 Å². The van der Waals surface area contributed by atoms with Crippen LogP contribution in [0, 0.1) is 0 Å². The van der Waals surface area contributed by atoms with Crippen LogP contribution in [-0.2, 0) is 45.3 Å². The minimum Gasteiger partial charge on any atom is -0.354 e. The van der Waals surface area contributed by atoms with E-state index in [9.17, 15) is 0 Å². The molecule has 0 amide bonds. The molecule has 9 heteroatoms. The van der Waals surface area contributed by atoms with Gasteiger partial charge in [-0.3, -0.25) is 0 Å². The molecule has 8 nitrogen and oxygen atoms in total. The normalized spacial score (nSPS) is 11.8. The summed E-state index contributed by atoms with van der Waals surface area (Å²) >= 11 is 0. The molecule has 2 N–H and O–H groups in total. The fourth-order valence-corrected chi connectivity index (χ4v) is 7.36. The summed E-state index contributed by atoms with van der Waals surface area (Å²) in [6.45, 7) is 0. The van der Waals surface area contributed by atoms with E-state index in [1.807, 2.05) is 53.0 Å². The van der Waals surface area contributed by atoms with E-state index in [0.717, 1.165) is 89.4 Å². The zero-order valence-corrected chi connectivity index (χ0v) is 31.1. The van der Waals surface area contributed by atoms with Gasteiger partial charge in [0.2, 0.25) is 0 Å². The number of H-pyrrole nitrogens is 2. The van der Waals surface area contributed by atoms with Crippen LogP contribution >= 0.6 is 0 Å². The topological polar surface area (TPSA) is 72.9 Å². The van der Waals surface area contributed by atoms with Gasteiger partial charge in [-0.05, 0) is 72.8 Å². The second-order valence-corrected chi connectivity index (χ2v) is 13.5. The fraction of sp³-hybridized carbons (Fsp3) is 0.0909. The van der Waals surface area contributed by atoms with Crippen LogP contribution < -0.4 is 18.3 Å². The Morgan fingerprint density at radius 3 is 0.849 bits per heavy atom. The van der Waals surface area contributed by atoms with Gasteiger partial charge in [-0.15, -0.1) is 0 Å². The van der Waals surface area contributed by atoms with Crippen LogP contribution in [0.25, 0.3) is 90.9 Å². The predicted octanol–water partition coefficient (Wildman–Crippen LogP) is 6.62. The first-order chi connectivity index (χ1) is 25.4. The third-order valence-electron chi connectivity index (χ3n) is 9.67. The molecule has 0 spiro atoms. The predicted molar refractivity (Wildman–Crippen MR) is 205 cm³/mol. The molecule has 0 radical (unpaired) electrons. The Hall–Kier alpha value is -6.28. The van der Waals surface area contributed by atoms with Crippen LogP contribution in [0.5, 0.6) is 0 Å². The summed E-state index contributed by atoms with van der Waals surface area (Å²) in [6, 6.07) is 25.6. The number of fused-ring (bicyclic) bond motifs is 8. The first-order valence-corrected chi connectivity index (χ1v) is 17.4. The number of pyridine rings is 4. The average Bonchev–Trinajstić information content (AvgIpc) is 3.96. The maximum Gasteiger partial charge on any atom is 3.00 e. The third-order valence-corrected chi connectivity index (χ3v) is 9.67. The van der Waals surface area contributed by atoms with Gasteiger partial charge in [-0.1, -0.05) is 0 Å². The molecule has 0 atom stereocenters. The summed E-state index contributed by atoms with van der Waals surface area (Å²) in [5, 5.41) is 0. The smallest absolute Gasteiger partial charge is 0.354 e. The number of aryl methyl sites for hydroxylation is 4. The van der Waals surface area contributed by atoms with Crippen LogP contribution in [0.1, 0.15) is 22.8 Å². The Bertz CT molecular complexity index is 2440. The standard InChI is InChI=1S/C44H38N8.Mn/c1-49-21-5-9-29(25-49)41-33-13-15-35(45-33)42(30-10-6-22-50(2)26-30)37-17-19-39(47-37)44(32-12-8-24-52(4)28-32)40-20-18-38(48-40)43(36-16-14-34(41)46-36)31-11-7-23-51(3)27-31;/h5-28,45,48H,1-4H3;/q+4;+3. The van der Waals surface area contributed by atoms with Crippen molar-refractivity contribution in [2.75, 3.05) is 0 Å². The molecule has 8 bridgehead atoms. The van der Waals surface area contributed by atoms with Gasteiger partial charge < -0.3 is 9.97 Å². The molecule has 0 saturated carbocycles. The molecule has 0 fully saturated rings. The van der Waals surface area contributed by atoms with Crippen molar-refractivity contribution >= 4 is 46.4 Å². The first-order valence-electron chi connectivity index (χ1n) is 17.4. The SMILES string of the molecule is C[n+]1cccc(-c2c3nc(c(-c4ccc[n+](C)c4)c4ccc([nH]4)c(-c4ccc[n+](C)c4)c4nc(c(-c5ccc[n+](C)c5)c5ccc2[nH]5)C=C4)C=C3)c1.[Mn+3]. The molecule has 2 aliphatic rings. The summed E-state index contributed by atoms with van der Waals surface area (Å²) in [5.41, 5.74) is 15.8. The molecule has 9 rings (SSSR count). The van der Waals surface area contributed by atoms with Crippen LogP contribution in [0.2, 0.25) is 0 Å². The minimum atomic E-state index is 0. The maximum absolute atomic E-state index is 5.41. The maximum atomic E-state index is 5.41. The molecule has 7 aromatic rings. The number of hydrogen-bond donors (Lipinski definition) is 2. The molecule has 7 aromatic heterocycles. The fourth-order valence-electron chi connectivity index (χ4n) is 7.36. The van der Waals surface area contributed by atoms with Crippen molar-refractivity contribution in [3.8, 4) is 44.5 Å². The van der Waals surface area contributed by atoms with Gasteiger partial charge in [0.1, 0.15) is 28.2 Å². The van der Waals surface area contributed by atoms with Crippen LogP contribution in [0.4, 0.5) is 0 Å². The molecule has 254 valence electrons. The Balaban J connectivity index is 0.00000400. The van der Waals surface area contributed by atoms with Crippen molar-refractivity contribution in [2.24, 2.45) is 28.2 Å². The number of nitrogens with one attached hydrogen (secondary N) is 2. The van der Waals surface area contributed by atoms with Gasteiger partial charge in [0.25, 0.3) is 0 Å². The Labute approximate surface area is 318 Å². The molecule has 0 saturated heterocycles. The van der Waals surface area contributed by atoms with Crippen molar-refractivity contribution in [3.05, 3.63) is 145 Å². The Morgan fingerprint density at radius 1 is 0.377 bits per heavy atom. The largest absolute Gasteiger partial charge is 3.00 e. The van der Waals surface area contributed by atoms with Gasteiger partial charge in [-0.2, -0.15) is 0 Å². The van der Waals surface area contributed by atoms with Crippen molar-refractivity contribution in [1.82, 2.24) is 19.9 Å². The molecule has 0 aliphatic carbocycles. The van der Waals surface area contributed by atoms with Gasteiger partial charge in [0, 0.05) is 90.8 Å². The van der Waals surface area contributed by atoms with E-state index in [-0.39, 0.29) is 17.1 Å². The van der Waals surface area contributed by atoms with E-state index in [2.05, 4.69) is 150 Å². The number of rotatable bonds is 4. The number of aromatic nitrogens is 8. The zero-order chi connectivity index (χ0) is 35.3. The second-order valence-electron chi connectivity index (χ2n) is 13.5. The summed E-state index contributed by atoms with van der Waals surface area (Å²) in [6.07, 6.45) is 25.3. The summed E-state index contributed by atoms with van der Waals surface area (Å²) in [5.74, 6) is 0. The molecule has 53 heavy (non-hydrogen) atoms. The van der Waals surface area contributed by atoms with Crippen molar-refractivity contribution in [1.29, 1.82) is 0 Å². The van der Waals surface area contributed by atoms with E-state index in [4.69, 9.17) is 9.97 Å². The molecule has 9 heterocycles. The molecule has 0 aromatic carbocycles. The van der Waals surface area contributed by atoms with Crippen molar-refractivity contribution in [2.45, 2.75) is 0 Å². The van der Waals surface area contributed by atoms with E-state index in [1.54, 1.807) is 0 Å². The van der Waals surface area contributed by atoms with Crippen LogP contribution in [0.3, 0.4) is 0 Å². The Kier molecular flexibility index (Phi) is 8.74. The van der Waals surface area contributed by atoms with Gasteiger partial charge >= 0.3 is 17.1 Å². The minimum absolute atomic E-state index is 0. The number of nitrogens with zero attached hydrogens (tertiary/aromatic N) is 6. The number of aromatic amines is 2. The zero-order valence-electron chi connectivity index (χ0n) is 29.9. The first kappa shape index (κ1) is 33.8. The summed E-state index contributed by atoms with van der Waals surface area (Å²) in [7, 11) is 8.20. The molecular formula is C44H38MnN8+7.